The molecule has 1 amide bonds. The molecule has 2 N–H and O–H groups in total. The zero-order chi connectivity index (χ0) is 20.8. The molecule has 1 atom stereocenters. The molecule has 0 saturated carbocycles. The molecule has 1 aliphatic rings. The van der Waals surface area contributed by atoms with E-state index in [0.29, 0.717) is 12.1 Å². The largest absolute Gasteiger partial charge is 0.353 e. The summed E-state index contributed by atoms with van der Waals surface area (Å²) in [5.74, 6) is 0.769. The lowest BCUT2D eigenvalue weighted by Gasteiger charge is -2.34. The van der Waals surface area contributed by atoms with E-state index in [1.165, 1.54) is 11.1 Å². The van der Waals surface area contributed by atoms with E-state index in [9.17, 15) is 4.79 Å². The van der Waals surface area contributed by atoms with Crippen LogP contribution in [0.5, 0.6) is 0 Å². The predicted molar refractivity (Wildman–Crippen MR) is 121 cm³/mol. The first kappa shape index (κ1) is 20.1. The summed E-state index contributed by atoms with van der Waals surface area (Å²) in [4.78, 5) is 19.5. The monoisotopic (exact) mass is 400 g/mol. The average molecular weight is 401 g/mol. The molecule has 0 radical (unpaired) electrons. The highest BCUT2D eigenvalue weighted by atomic mass is 16.1. The number of carbonyl (C=O) groups is 1. The first-order chi connectivity index (χ1) is 14.7. The fraction of sp³-hybridized carbons (Fsp3) is 0.280. The number of anilines is 1. The lowest BCUT2D eigenvalue weighted by molar-refractivity contribution is 0.0951. The van der Waals surface area contributed by atoms with E-state index in [2.05, 4.69) is 76.0 Å². The molecule has 154 valence electrons. The summed E-state index contributed by atoms with van der Waals surface area (Å²) >= 11 is 0. The van der Waals surface area contributed by atoms with Crippen LogP contribution in [-0.2, 0) is 13.0 Å². The summed E-state index contributed by atoms with van der Waals surface area (Å²) < 4.78 is 0. The van der Waals surface area contributed by atoms with Gasteiger partial charge in [-0.15, -0.1) is 0 Å². The van der Waals surface area contributed by atoms with E-state index in [0.717, 1.165) is 37.4 Å². The lowest BCUT2D eigenvalue weighted by Crippen LogP contribution is -2.46. The van der Waals surface area contributed by atoms with Crippen molar-refractivity contribution in [3.63, 3.8) is 0 Å². The summed E-state index contributed by atoms with van der Waals surface area (Å²) in [5.41, 5.74) is 4.31. The average Bonchev–Trinajstić information content (AvgIpc) is 2.83. The van der Waals surface area contributed by atoms with Gasteiger partial charge in [-0.05, 0) is 35.2 Å². The Morgan fingerprint density at radius 1 is 1.10 bits per heavy atom. The molecule has 3 aromatic rings. The Hall–Kier alpha value is -3.18. The number of pyridine rings is 1. The molecular weight excluding hydrogens is 372 g/mol. The fourth-order valence-corrected chi connectivity index (χ4v) is 3.78. The van der Waals surface area contributed by atoms with Gasteiger partial charge in [-0.2, -0.15) is 0 Å². The quantitative estimate of drug-likeness (QED) is 0.662. The summed E-state index contributed by atoms with van der Waals surface area (Å²) in [6, 6.07) is 22.7. The highest BCUT2D eigenvalue weighted by Gasteiger charge is 2.22. The highest BCUT2D eigenvalue weighted by molar-refractivity contribution is 5.94. The Labute approximate surface area is 178 Å². The fourth-order valence-electron chi connectivity index (χ4n) is 3.78. The van der Waals surface area contributed by atoms with Gasteiger partial charge in [0.15, 0.2) is 0 Å². The molecule has 1 unspecified atom stereocenters. The highest BCUT2D eigenvalue weighted by Crippen LogP contribution is 2.21. The van der Waals surface area contributed by atoms with Gasteiger partial charge in [-0.3, -0.25) is 4.79 Å². The zero-order valence-corrected chi connectivity index (χ0v) is 17.3. The van der Waals surface area contributed by atoms with Crippen molar-refractivity contribution >= 4 is 11.7 Å². The molecule has 2 aromatic carbocycles. The molecule has 1 aromatic heterocycles. The third kappa shape index (κ3) is 4.86. The van der Waals surface area contributed by atoms with Gasteiger partial charge >= 0.3 is 0 Å². The van der Waals surface area contributed by atoms with E-state index in [1.54, 1.807) is 12.3 Å². The third-order valence-electron chi connectivity index (χ3n) is 5.59. The van der Waals surface area contributed by atoms with Crippen LogP contribution < -0.4 is 15.5 Å². The number of benzene rings is 2. The Morgan fingerprint density at radius 3 is 2.63 bits per heavy atom. The topological polar surface area (TPSA) is 57.3 Å². The normalized spacial score (nSPS) is 16.3. The molecule has 30 heavy (non-hydrogen) atoms. The van der Waals surface area contributed by atoms with Gasteiger partial charge in [0, 0.05) is 44.0 Å². The molecular formula is C25H28N4O. The SMILES string of the molecule is CCc1ccc(CNC(=O)c2ccnc(N3CCNC(c4ccccc4)C3)c2)cc1. The maximum atomic E-state index is 12.7. The van der Waals surface area contributed by atoms with Crippen LogP contribution >= 0.6 is 0 Å². The Bertz CT molecular complexity index is 972. The first-order valence-electron chi connectivity index (χ1n) is 10.6. The van der Waals surface area contributed by atoms with Crippen molar-refractivity contribution in [2.24, 2.45) is 0 Å². The van der Waals surface area contributed by atoms with Gasteiger partial charge in [-0.25, -0.2) is 4.98 Å². The minimum Gasteiger partial charge on any atom is -0.353 e. The second kappa shape index (κ2) is 9.55. The maximum absolute atomic E-state index is 12.7. The molecule has 1 fully saturated rings. The van der Waals surface area contributed by atoms with Crippen LogP contribution in [-0.4, -0.2) is 30.5 Å². The third-order valence-corrected chi connectivity index (χ3v) is 5.59. The number of aromatic nitrogens is 1. The van der Waals surface area contributed by atoms with Crippen molar-refractivity contribution in [3.8, 4) is 0 Å². The zero-order valence-electron chi connectivity index (χ0n) is 17.3. The van der Waals surface area contributed by atoms with Gasteiger partial charge in [0.1, 0.15) is 5.82 Å². The Morgan fingerprint density at radius 2 is 1.87 bits per heavy atom. The molecule has 0 bridgehead atoms. The van der Waals surface area contributed by atoms with Crippen LogP contribution in [0.25, 0.3) is 0 Å². The second-order valence-electron chi connectivity index (χ2n) is 7.62. The maximum Gasteiger partial charge on any atom is 0.251 e. The molecule has 1 aliphatic heterocycles. The standard InChI is InChI=1S/C25H28N4O/c1-2-19-8-10-20(11-9-19)17-28-25(30)22-12-13-27-24(16-22)29-15-14-26-23(18-29)21-6-4-3-5-7-21/h3-13,16,23,26H,2,14-15,17-18H2,1H3,(H,28,30). The minimum absolute atomic E-state index is 0.0760. The van der Waals surface area contributed by atoms with Crippen molar-refractivity contribution < 1.29 is 4.79 Å². The van der Waals surface area contributed by atoms with E-state index >= 15 is 0 Å². The van der Waals surface area contributed by atoms with Crippen molar-refractivity contribution in [3.05, 3.63) is 95.2 Å². The number of hydrogen-bond acceptors (Lipinski definition) is 4. The Balaban J connectivity index is 1.40. The van der Waals surface area contributed by atoms with E-state index < -0.39 is 0 Å². The smallest absolute Gasteiger partial charge is 0.251 e. The lowest BCUT2D eigenvalue weighted by atomic mass is 10.0. The number of rotatable bonds is 6. The molecule has 0 spiro atoms. The number of carbonyl (C=O) groups excluding carboxylic acids is 1. The summed E-state index contributed by atoms with van der Waals surface area (Å²) in [7, 11) is 0. The van der Waals surface area contributed by atoms with Gasteiger partial charge in [0.2, 0.25) is 0 Å². The molecule has 5 heteroatoms. The molecule has 0 aliphatic carbocycles. The van der Waals surface area contributed by atoms with E-state index in [1.807, 2.05) is 12.1 Å². The van der Waals surface area contributed by atoms with Gasteiger partial charge < -0.3 is 15.5 Å². The van der Waals surface area contributed by atoms with Crippen LogP contribution in [0.3, 0.4) is 0 Å². The second-order valence-corrected chi connectivity index (χ2v) is 7.62. The molecule has 1 saturated heterocycles. The van der Waals surface area contributed by atoms with Crippen molar-refractivity contribution in [2.45, 2.75) is 25.9 Å². The predicted octanol–water partition coefficient (Wildman–Crippen LogP) is 3.72. The van der Waals surface area contributed by atoms with Crippen LogP contribution in [0.4, 0.5) is 5.82 Å². The Kier molecular flexibility index (Phi) is 6.40. The number of aryl methyl sites for hydroxylation is 1. The minimum atomic E-state index is -0.0760. The van der Waals surface area contributed by atoms with E-state index in [-0.39, 0.29) is 11.9 Å². The number of hydrogen-bond donors (Lipinski definition) is 2. The first-order valence-corrected chi connectivity index (χ1v) is 10.6. The van der Waals surface area contributed by atoms with Crippen LogP contribution in [0.1, 0.15) is 40.0 Å². The molecule has 4 rings (SSSR count). The summed E-state index contributed by atoms with van der Waals surface area (Å²) in [6.07, 6.45) is 2.74. The summed E-state index contributed by atoms with van der Waals surface area (Å²) in [6.45, 7) is 5.23. The number of piperazine rings is 1. The number of amides is 1. The van der Waals surface area contributed by atoms with Crippen molar-refractivity contribution in [1.29, 1.82) is 0 Å². The van der Waals surface area contributed by atoms with Crippen molar-refractivity contribution in [2.75, 3.05) is 24.5 Å². The van der Waals surface area contributed by atoms with Gasteiger partial charge in [-0.1, -0.05) is 61.5 Å². The van der Waals surface area contributed by atoms with Gasteiger partial charge in [0.25, 0.3) is 5.91 Å². The van der Waals surface area contributed by atoms with Crippen LogP contribution in [0.2, 0.25) is 0 Å². The van der Waals surface area contributed by atoms with Gasteiger partial charge in [0.05, 0.1) is 0 Å². The molecule has 5 nitrogen and oxygen atoms in total. The van der Waals surface area contributed by atoms with Crippen LogP contribution in [0, 0.1) is 0 Å². The van der Waals surface area contributed by atoms with Crippen LogP contribution in [0.15, 0.2) is 72.9 Å². The van der Waals surface area contributed by atoms with Crippen molar-refractivity contribution in [1.82, 2.24) is 15.6 Å². The van der Waals surface area contributed by atoms with E-state index in [4.69, 9.17) is 0 Å². The summed E-state index contributed by atoms with van der Waals surface area (Å²) in [5, 5.41) is 6.59. The number of nitrogens with one attached hydrogen (secondary N) is 2. The molecule has 2 heterocycles. The number of nitrogens with zero attached hydrogens (tertiary/aromatic N) is 2.